The fraction of sp³-hybridized carbons (Fsp3) is 0.154. The summed E-state index contributed by atoms with van der Waals surface area (Å²) in [6.45, 7) is 0. The molecule has 0 spiro atoms. The van der Waals surface area contributed by atoms with Crippen molar-refractivity contribution in [2.75, 3.05) is 5.73 Å². The van der Waals surface area contributed by atoms with E-state index in [1.807, 2.05) is 0 Å². The molecule has 0 saturated heterocycles. The van der Waals surface area contributed by atoms with Crippen LogP contribution in [0.4, 0.5) is 19.0 Å². The van der Waals surface area contributed by atoms with Crippen LogP contribution in [0.1, 0.15) is 17.2 Å². The summed E-state index contributed by atoms with van der Waals surface area (Å²) in [7, 11) is 0. The Balaban J connectivity index is 2.28. The molecule has 0 aliphatic heterocycles. The van der Waals surface area contributed by atoms with E-state index in [-0.39, 0.29) is 12.2 Å². The lowest BCUT2D eigenvalue weighted by Gasteiger charge is -2.13. The van der Waals surface area contributed by atoms with Crippen molar-refractivity contribution in [2.24, 2.45) is 0 Å². The van der Waals surface area contributed by atoms with Crippen LogP contribution >= 0.6 is 0 Å². The molecular formula is C13H11F3N2O. The van der Waals surface area contributed by atoms with Crippen LogP contribution in [0.15, 0.2) is 30.5 Å². The largest absolute Gasteiger partial charge is 0.388 e. The number of benzene rings is 1. The van der Waals surface area contributed by atoms with Crippen LogP contribution in [0.5, 0.6) is 0 Å². The first-order valence-corrected chi connectivity index (χ1v) is 5.50. The van der Waals surface area contributed by atoms with Gasteiger partial charge in [0, 0.05) is 24.8 Å². The van der Waals surface area contributed by atoms with E-state index in [9.17, 15) is 18.3 Å². The van der Waals surface area contributed by atoms with Crippen molar-refractivity contribution >= 4 is 5.82 Å². The number of aliphatic hydroxyl groups excluding tert-OH is 1. The molecule has 0 aliphatic rings. The summed E-state index contributed by atoms with van der Waals surface area (Å²) in [6.07, 6.45) is -0.0524. The SMILES string of the molecule is Nc1cc(CC(O)c2c(F)cc(F)cc2F)ccn1. The predicted octanol–water partition coefficient (Wildman–Crippen LogP) is 2.36. The first-order chi connectivity index (χ1) is 8.97. The molecule has 0 radical (unpaired) electrons. The molecule has 19 heavy (non-hydrogen) atoms. The topological polar surface area (TPSA) is 59.1 Å². The quantitative estimate of drug-likeness (QED) is 0.898. The molecule has 1 unspecified atom stereocenters. The Labute approximate surface area is 107 Å². The average Bonchev–Trinajstić information content (AvgIpc) is 2.27. The van der Waals surface area contributed by atoms with Crippen molar-refractivity contribution in [1.29, 1.82) is 0 Å². The van der Waals surface area contributed by atoms with E-state index in [0.717, 1.165) is 0 Å². The summed E-state index contributed by atoms with van der Waals surface area (Å²) < 4.78 is 39.7. The van der Waals surface area contributed by atoms with Crippen LogP contribution in [0.3, 0.4) is 0 Å². The monoisotopic (exact) mass is 268 g/mol. The highest BCUT2D eigenvalue weighted by atomic mass is 19.1. The first-order valence-electron chi connectivity index (χ1n) is 5.50. The number of rotatable bonds is 3. The zero-order chi connectivity index (χ0) is 14.0. The molecule has 100 valence electrons. The van der Waals surface area contributed by atoms with Gasteiger partial charge in [0.2, 0.25) is 0 Å². The lowest BCUT2D eigenvalue weighted by atomic mass is 10.0. The zero-order valence-corrected chi connectivity index (χ0v) is 9.78. The Kier molecular flexibility index (Phi) is 3.71. The van der Waals surface area contributed by atoms with E-state index in [1.165, 1.54) is 12.3 Å². The van der Waals surface area contributed by atoms with Crippen LogP contribution in [0, 0.1) is 17.5 Å². The first kappa shape index (κ1) is 13.4. The van der Waals surface area contributed by atoms with Gasteiger partial charge in [-0.25, -0.2) is 18.2 Å². The third-order valence-electron chi connectivity index (χ3n) is 2.65. The highest BCUT2D eigenvalue weighted by Gasteiger charge is 2.19. The maximum atomic E-state index is 13.5. The number of nitrogen functional groups attached to an aromatic ring is 1. The van der Waals surface area contributed by atoms with Gasteiger partial charge in [0.05, 0.1) is 11.7 Å². The molecule has 0 bridgehead atoms. The van der Waals surface area contributed by atoms with Gasteiger partial charge < -0.3 is 10.8 Å². The molecule has 6 heteroatoms. The maximum absolute atomic E-state index is 13.5. The maximum Gasteiger partial charge on any atom is 0.134 e. The van der Waals surface area contributed by atoms with E-state index in [2.05, 4.69) is 4.98 Å². The second kappa shape index (κ2) is 5.27. The fourth-order valence-electron chi connectivity index (χ4n) is 1.82. The van der Waals surface area contributed by atoms with Crippen LogP contribution in [0.25, 0.3) is 0 Å². The second-order valence-corrected chi connectivity index (χ2v) is 4.09. The summed E-state index contributed by atoms with van der Waals surface area (Å²) in [4.78, 5) is 3.76. The van der Waals surface area contributed by atoms with Crippen molar-refractivity contribution in [2.45, 2.75) is 12.5 Å². The van der Waals surface area contributed by atoms with Gasteiger partial charge in [-0.05, 0) is 17.7 Å². The number of anilines is 1. The van der Waals surface area contributed by atoms with Gasteiger partial charge in [-0.1, -0.05) is 0 Å². The van der Waals surface area contributed by atoms with Gasteiger partial charge in [0.25, 0.3) is 0 Å². The molecule has 3 nitrogen and oxygen atoms in total. The third kappa shape index (κ3) is 3.03. The van der Waals surface area contributed by atoms with Crippen LogP contribution < -0.4 is 5.73 Å². The van der Waals surface area contributed by atoms with Crippen molar-refractivity contribution in [3.05, 3.63) is 59.0 Å². The smallest absolute Gasteiger partial charge is 0.134 e. The molecule has 1 heterocycles. The molecule has 1 atom stereocenters. The van der Waals surface area contributed by atoms with Crippen LogP contribution in [0.2, 0.25) is 0 Å². The summed E-state index contributed by atoms with van der Waals surface area (Å²) in [5.41, 5.74) is 5.48. The molecule has 0 fully saturated rings. The highest BCUT2D eigenvalue weighted by molar-refractivity contribution is 5.33. The molecule has 2 rings (SSSR count). The van der Waals surface area contributed by atoms with E-state index >= 15 is 0 Å². The third-order valence-corrected chi connectivity index (χ3v) is 2.65. The van der Waals surface area contributed by atoms with Crippen LogP contribution in [-0.2, 0) is 6.42 Å². The molecule has 1 aromatic carbocycles. The van der Waals surface area contributed by atoms with Crippen LogP contribution in [-0.4, -0.2) is 10.1 Å². The normalized spacial score (nSPS) is 12.4. The average molecular weight is 268 g/mol. The molecule has 0 amide bonds. The molecular weight excluding hydrogens is 257 g/mol. The summed E-state index contributed by atoms with van der Waals surface area (Å²) in [5, 5.41) is 9.85. The number of halogens is 3. The van der Waals surface area contributed by atoms with Gasteiger partial charge in [-0.2, -0.15) is 0 Å². The Hall–Kier alpha value is -2.08. The predicted molar refractivity (Wildman–Crippen MR) is 63.6 cm³/mol. The molecule has 0 saturated carbocycles. The summed E-state index contributed by atoms with van der Waals surface area (Å²) in [6, 6.07) is 4.12. The standard InChI is InChI=1S/C13H11F3N2O/c14-8-5-9(15)13(10(16)6-8)11(19)3-7-1-2-18-12(17)4-7/h1-2,4-6,11,19H,3H2,(H2,17,18). The number of hydrogen-bond acceptors (Lipinski definition) is 3. The number of nitrogens with zero attached hydrogens (tertiary/aromatic N) is 1. The van der Waals surface area contributed by atoms with Gasteiger partial charge in [0.15, 0.2) is 0 Å². The molecule has 1 aromatic heterocycles. The Morgan fingerprint density at radius 2 is 1.79 bits per heavy atom. The van der Waals surface area contributed by atoms with Crippen molar-refractivity contribution in [3.63, 3.8) is 0 Å². The number of hydrogen-bond donors (Lipinski definition) is 2. The number of nitrogens with two attached hydrogens (primary N) is 1. The Morgan fingerprint density at radius 3 is 2.37 bits per heavy atom. The van der Waals surface area contributed by atoms with Gasteiger partial charge in [0.1, 0.15) is 23.3 Å². The highest BCUT2D eigenvalue weighted by Crippen LogP contribution is 2.25. The minimum atomic E-state index is -1.43. The van der Waals surface area contributed by atoms with E-state index in [1.54, 1.807) is 6.07 Å². The lowest BCUT2D eigenvalue weighted by Crippen LogP contribution is -2.08. The summed E-state index contributed by atoms with van der Waals surface area (Å²) >= 11 is 0. The lowest BCUT2D eigenvalue weighted by molar-refractivity contribution is 0.168. The van der Waals surface area contributed by atoms with Crippen molar-refractivity contribution in [3.8, 4) is 0 Å². The van der Waals surface area contributed by atoms with Crippen molar-refractivity contribution in [1.82, 2.24) is 4.98 Å². The number of aromatic nitrogens is 1. The van der Waals surface area contributed by atoms with Gasteiger partial charge in [-0.15, -0.1) is 0 Å². The summed E-state index contributed by atoms with van der Waals surface area (Å²) in [5.74, 6) is -3.03. The minimum Gasteiger partial charge on any atom is -0.388 e. The van der Waals surface area contributed by atoms with E-state index < -0.39 is 29.1 Å². The van der Waals surface area contributed by atoms with E-state index in [0.29, 0.717) is 17.7 Å². The second-order valence-electron chi connectivity index (χ2n) is 4.09. The zero-order valence-electron chi connectivity index (χ0n) is 9.78. The number of aliphatic hydroxyl groups is 1. The molecule has 3 N–H and O–H groups in total. The van der Waals surface area contributed by atoms with Crippen molar-refractivity contribution < 1.29 is 18.3 Å². The van der Waals surface area contributed by atoms with Gasteiger partial charge >= 0.3 is 0 Å². The van der Waals surface area contributed by atoms with E-state index in [4.69, 9.17) is 5.73 Å². The minimum absolute atomic E-state index is 0.0494. The fourth-order valence-corrected chi connectivity index (χ4v) is 1.82. The Bertz CT molecular complexity index is 581. The molecule has 2 aromatic rings. The number of pyridine rings is 1. The molecule has 0 aliphatic carbocycles. The Morgan fingerprint density at radius 1 is 1.16 bits per heavy atom. The van der Waals surface area contributed by atoms with Gasteiger partial charge in [-0.3, -0.25) is 0 Å².